The van der Waals surface area contributed by atoms with Crippen molar-refractivity contribution in [1.29, 1.82) is 0 Å². The van der Waals surface area contributed by atoms with E-state index in [0.717, 1.165) is 18.0 Å². The standard InChI is InChI=1S/C20H24N2OS/c1-20(2,3)16-11-9-15(10-12-16)18-22(13-14-24-18)19(23)21-17-7-5-4-6-8-17/h4-12,18H,13-14H2,1-3H3,(H,21,23)/t18-/m1/s1. The normalized spacial score (nSPS) is 17.8. The van der Waals surface area contributed by atoms with Gasteiger partial charge in [-0.1, -0.05) is 63.2 Å². The summed E-state index contributed by atoms with van der Waals surface area (Å²) in [5.74, 6) is 0.966. The number of carbonyl (C=O) groups is 1. The van der Waals surface area contributed by atoms with E-state index in [0.29, 0.717) is 0 Å². The van der Waals surface area contributed by atoms with Crippen LogP contribution in [0.15, 0.2) is 54.6 Å². The number of amides is 2. The lowest BCUT2D eigenvalue weighted by atomic mass is 9.87. The van der Waals surface area contributed by atoms with Crippen molar-refractivity contribution in [3.63, 3.8) is 0 Å². The molecule has 0 radical (unpaired) electrons. The Bertz CT molecular complexity index is 692. The Balaban J connectivity index is 1.74. The number of thioether (sulfide) groups is 1. The smallest absolute Gasteiger partial charge is 0.308 e. The fraction of sp³-hybridized carbons (Fsp3) is 0.350. The van der Waals surface area contributed by atoms with Crippen LogP contribution in [0.5, 0.6) is 0 Å². The molecule has 0 aromatic heterocycles. The minimum absolute atomic E-state index is 0.0314. The second kappa shape index (κ2) is 6.89. The van der Waals surface area contributed by atoms with Gasteiger partial charge >= 0.3 is 6.03 Å². The maximum absolute atomic E-state index is 12.6. The average molecular weight is 340 g/mol. The Labute approximate surface area is 148 Å². The van der Waals surface area contributed by atoms with E-state index in [1.54, 1.807) is 0 Å². The molecular formula is C20H24N2OS. The maximum Gasteiger partial charge on any atom is 0.323 e. The Morgan fingerprint density at radius 1 is 1.08 bits per heavy atom. The number of para-hydroxylation sites is 1. The molecule has 0 spiro atoms. The molecule has 1 N–H and O–H groups in total. The minimum Gasteiger partial charge on any atom is -0.308 e. The first kappa shape index (κ1) is 16.9. The topological polar surface area (TPSA) is 32.3 Å². The van der Waals surface area contributed by atoms with E-state index in [9.17, 15) is 4.79 Å². The third kappa shape index (κ3) is 3.75. The summed E-state index contributed by atoms with van der Waals surface area (Å²) < 4.78 is 0. The molecule has 3 rings (SSSR count). The summed E-state index contributed by atoms with van der Waals surface area (Å²) in [5, 5.41) is 3.08. The van der Waals surface area contributed by atoms with E-state index in [2.05, 4.69) is 50.4 Å². The molecule has 0 bridgehead atoms. The molecule has 2 aromatic rings. The fourth-order valence-electron chi connectivity index (χ4n) is 2.82. The molecule has 0 unspecified atom stereocenters. The van der Waals surface area contributed by atoms with Gasteiger partial charge in [-0.05, 0) is 28.7 Å². The van der Waals surface area contributed by atoms with E-state index in [4.69, 9.17) is 0 Å². The van der Waals surface area contributed by atoms with Crippen LogP contribution in [-0.4, -0.2) is 23.2 Å². The van der Waals surface area contributed by atoms with E-state index < -0.39 is 0 Å². The highest BCUT2D eigenvalue weighted by atomic mass is 32.2. The molecule has 2 amide bonds. The van der Waals surface area contributed by atoms with Gasteiger partial charge in [0.1, 0.15) is 5.37 Å². The Hall–Kier alpha value is -1.94. The number of hydrogen-bond acceptors (Lipinski definition) is 2. The van der Waals surface area contributed by atoms with Crippen LogP contribution in [0, 0.1) is 0 Å². The molecule has 126 valence electrons. The van der Waals surface area contributed by atoms with E-state index in [1.165, 1.54) is 11.1 Å². The summed E-state index contributed by atoms with van der Waals surface area (Å²) in [5.41, 5.74) is 3.48. The summed E-state index contributed by atoms with van der Waals surface area (Å²) in [4.78, 5) is 14.5. The Morgan fingerprint density at radius 3 is 2.38 bits per heavy atom. The van der Waals surface area contributed by atoms with E-state index >= 15 is 0 Å². The zero-order valence-electron chi connectivity index (χ0n) is 14.5. The average Bonchev–Trinajstić information content (AvgIpc) is 3.05. The summed E-state index contributed by atoms with van der Waals surface area (Å²) in [6.45, 7) is 7.42. The number of benzene rings is 2. The van der Waals surface area contributed by atoms with Gasteiger partial charge in [0.15, 0.2) is 0 Å². The molecule has 3 nitrogen and oxygen atoms in total. The molecule has 1 fully saturated rings. The van der Waals surface area contributed by atoms with Crippen LogP contribution in [0.2, 0.25) is 0 Å². The minimum atomic E-state index is -0.0314. The molecule has 1 aliphatic heterocycles. The van der Waals surface area contributed by atoms with Crippen molar-refractivity contribution in [2.75, 3.05) is 17.6 Å². The number of nitrogens with one attached hydrogen (secondary N) is 1. The zero-order valence-corrected chi connectivity index (χ0v) is 15.3. The van der Waals surface area contributed by atoms with Crippen molar-refractivity contribution < 1.29 is 4.79 Å². The highest BCUT2D eigenvalue weighted by Crippen LogP contribution is 2.38. The maximum atomic E-state index is 12.6. The van der Waals surface area contributed by atoms with Gasteiger partial charge in [0.05, 0.1) is 0 Å². The number of nitrogens with zero attached hydrogens (tertiary/aromatic N) is 1. The SMILES string of the molecule is CC(C)(C)c1ccc([C@H]2SCCN2C(=O)Nc2ccccc2)cc1. The van der Waals surface area contributed by atoms with Crippen molar-refractivity contribution in [3.8, 4) is 0 Å². The number of carbonyl (C=O) groups excluding carboxylic acids is 1. The molecule has 0 aliphatic carbocycles. The van der Waals surface area contributed by atoms with Gasteiger partial charge < -0.3 is 10.2 Å². The van der Waals surface area contributed by atoms with Crippen LogP contribution >= 0.6 is 11.8 Å². The lowest BCUT2D eigenvalue weighted by molar-refractivity contribution is 0.214. The first-order valence-corrected chi connectivity index (χ1v) is 9.35. The monoisotopic (exact) mass is 340 g/mol. The molecule has 1 heterocycles. The van der Waals surface area contributed by atoms with Crippen LogP contribution in [0.4, 0.5) is 10.5 Å². The molecule has 1 aliphatic rings. The van der Waals surface area contributed by atoms with Crippen molar-refractivity contribution in [2.24, 2.45) is 0 Å². The second-order valence-electron chi connectivity index (χ2n) is 7.08. The molecule has 1 atom stereocenters. The highest BCUT2D eigenvalue weighted by Gasteiger charge is 2.30. The molecule has 4 heteroatoms. The van der Waals surface area contributed by atoms with Gasteiger partial charge in [0, 0.05) is 18.0 Å². The number of rotatable bonds is 2. The van der Waals surface area contributed by atoms with Crippen LogP contribution in [-0.2, 0) is 5.41 Å². The Morgan fingerprint density at radius 2 is 1.75 bits per heavy atom. The van der Waals surface area contributed by atoms with E-state index in [1.807, 2.05) is 47.0 Å². The molecule has 2 aromatic carbocycles. The van der Waals surface area contributed by atoms with Crippen molar-refractivity contribution >= 4 is 23.5 Å². The summed E-state index contributed by atoms with van der Waals surface area (Å²) in [7, 11) is 0. The second-order valence-corrected chi connectivity index (χ2v) is 8.27. The summed E-state index contributed by atoms with van der Waals surface area (Å²) >= 11 is 1.82. The van der Waals surface area contributed by atoms with Crippen LogP contribution in [0.25, 0.3) is 0 Å². The van der Waals surface area contributed by atoms with Crippen LogP contribution in [0.1, 0.15) is 37.3 Å². The van der Waals surface area contributed by atoms with Crippen molar-refractivity contribution in [3.05, 3.63) is 65.7 Å². The van der Waals surface area contributed by atoms with Crippen LogP contribution < -0.4 is 5.32 Å². The summed E-state index contributed by atoms with van der Waals surface area (Å²) in [6, 6.07) is 18.3. The quantitative estimate of drug-likeness (QED) is 0.808. The van der Waals surface area contributed by atoms with Gasteiger partial charge in [-0.2, -0.15) is 0 Å². The van der Waals surface area contributed by atoms with Crippen LogP contribution in [0.3, 0.4) is 0 Å². The summed E-state index contributed by atoms with van der Waals surface area (Å²) in [6.07, 6.45) is 0. The predicted octanol–water partition coefficient (Wildman–Crippen LogP) is 5.26. The fourth-order valence-corrected chi connectivity index (χ4v) is 4.07. The molecule has 1 saturated heterocycles. The molecule has 24 heavy (non-hydrogen) atoms. The predicted molar refractivity (Wildman–Crippen MR) is 103 cm³/mol. The third-order valence-corrected chi connectivity index (χ3v) is 5.50. The van der Waals surface area contributed by atoms with Gasteiger partial charge in [-0.15, -0.1) is 11.8 Å². The third-order valence-electron chi connectivity index (χ3n) is 4.24. The highest BCUT2D eigenvalue weighted by molar-refractivity contribution is 7.99. The number of urea groups is 1. The number of anilines is 1. The van der Waals surface area contributed by atoms with Gasteiger partial charge in [-0.25, -0.2) is 4.79 Å². The molecule has 0 saturated carbocycles. The van der Waals surface area contributed by atoms with Gasteiger partial charge in [0.25, 0.3) is 0 Å². The number of hydrogen-bond donors (Lipinski definition) is 1. The molecular weight excluding hydrogens is 316 g/mol. The first-order valence-electron chi connectivity index (χ1n) is 8.30. The van der Waals surface area contributed by atoms with Crippen molar-refractivity contribution in [2.45, 2.75) is 31.6 Å². The lowest BCUT2D eigenvalue weighted by Gasteiger charge is -2.25. The largest absolute Gasteiger partial charge is 0.323 e. The first-order chi connectivity index (χ1) is 11.4. The zero-order chi connectivity index (χ0) is 17.2. The van der Waals surface area contributed by atoms with Crippen molar-refractivity contribution in [1.82, 2.24) is 4.90 Å². The van der Waals surface area contributed by atoms with E-state index in [-0.39, 0.29) is 16.8 Å². The lowest BCUT2D eigenvalue weighted by Crippen LogP contribution is -2.34. The van der Waals surface area contributed by atoms with Gasteiger partial charge in [0.2, 0.25) is 0 Å². The van der Waals surface area contributed by atoms with Gasteiger partial charge in [-0.3, -0.25) is 0 Å². The Kier molecular flexibility index (Phi) is 4.86.